The van der Waals surface area contributed by atoms with Crippen LogP contribution in [0, 0.1) is 0 Å². The molecule has 0 aliphatic carbocycles. The van der Waals surface area contributed by atoms with Gasteiger partial charge in [-0.25, -0.2) is 4.79 Å². The predicted molar refractivity (Wildman–Crippen MR) is 82.5 cm³/mol. The minimum absolute atomic E-state index is 0.0161. The van der Waals surface area contributed by atoms with E-state index >= 15 is 0 Å². The average molecular weight is 329 g/mol. The number of esters is 1. The van der Waals surface area contributed by atoms with Crippen molar-refractivity contribution in [1.82, 2.24) is 9.55 Å². The summed E-state index contributed by atoms with van der Waals surface area (Å²) < 4.78 is 12.6. The molecule has 2 bridgehead atoms. The van der Waals surface area contributed by atoms with E-state index in [4.69, 9.17) is 9.47 Å². The topological polar surface area (TPSA) is 103 Å². The van der Waals surface area contributed by atoms with Gasteiger partial charge in [0.15, 0.2) is 6.23 Å². The van der Waals surface area contributed by atoms with Gasteiger partial charge in [0.2, 0.25) is 5.95 Å². The lowest BCUT2D eigenvalue weighted by Gasteiger charge is -2.29. The zero-order chi connectivity index (χ0) is 16.7. The number of ether oxygens (including phenoxy) is 2. The minimum Gasteiger partial charge on any atom is -0.459 e. The van der Waals surface area contributed by atoms with Gasteiger partial charge in [0, 0.05) is 12.3 Å². The minimum atomic E-state index is -0.831. The zero-order valence-corrected chi connectivity index (χ0v) is 12.5. The molecule has 1 aromatic carbocycles. The number of carbonyl (C=O) groups excluding carboxylic acids is 1. The molecule has 2 aliphatic heterocycles. The number of benzene rings is 1. The summed E-state index contributed by atoms with van der Waals surface area (Å²) in [6, 6.07) is 9.42. The number of aliphatic hydroxyl groups is 1. The van der Waals surface area contributed by atoms with Gasteiger partial charge < -0.3 is 19.9 Å². The number of aromatic nitrogens is 2. The summed E-state index contributed by atoms with van der Waals surface area (Å²) in [6.45, 7) is -0.0161. The van der Waals surface area contributed by atoms with E-state index in [0.717, 1.165) is 0 Å². The van der Waals surface area contributed by atoms with Crippen molar-refractivity contribution >= 4 is 11.9 Å². The maximum atomic E-state index is 12.0. The van der Waals surface area contributed by atoms with Crippen LogP contribution < -0.4 is 10.9 Å². The fourth-order valence-electron chi connectivity index (χ4n) is 2.98. The second-order valence-corrected chi connectivity index (χ2v) is 5.69. The molecule has 8 heteroatoms. The first-order chi connectivity index (χ1) is 11.6. The van der Waals surface area contributed by atoms with Crippen LogP contribution in [-0.2, 0) is 9.47 Å². The Hall–Kier alpha value is -2.71. The van der Waals surface area contributed by atoms with E-state index in [1.807, 2.05) is 6.07 Å². The van der Waals surface area contributed by atoms with Gasteiger partial charge in [-0.3, -0.25) is 9.36 Å². The Bertz CT molecular complexity index is 822. The molecule has 1 fully saturated rings. The number of nitrogens with one attached hydrogen (secondary N) is 1. The van der Waals surface area contributed by atoms with Crippen molar-refractivity contribution in [2.24, 2.45) is 0 Å². The van der Waals surface area contributed by atoms with Gasteiger partial charge >= 0.3 is 5.97 Å². The largest absolute Gasteiger partial charge is 0.459 e. The molecule has 0 amide bonds. The lowest BCUT2D eigenvalue weighted by atomic mass is 10.1. The predicted octanol–water partition coefficient (Wildman–Crippen LogP) is 0.153. The van der Waals surface area contributed by atoms with E-state index in [-0.39, 0.29) is 12.2 Å². The molecule has 2 aliphatic rings. The molecule has 2 aromatic rings. The summed E-state index contributed by atoms with van der Waals surface area (Å²) in [6.07, 6.45) is -0.531. The first-order valence-corrected chi connectivity index (χ1v) is 7.55. The second kappa shape index (κ2) is 5.73. The van der Waals surface area contributed by atoms with Crippen molar-refractivity contribution in [3.8, 4) is 0 Å². The van der Waals surface area contributed by atoms with E-state index in [0.29, 0.717) is 11.5 Å². The van der Waals surface area contributed by atoms with Crippen molar-refractivity contribution in [3.63, 3.8) is 0 Å². The maximum absolute atomic E-state index is 12.0. The highest BCUT2D eigenvalue weighted by Crippen LogP contribution is 2.36. The molecule has 8 nitrogen and oxygen atoms in total. The van der Waals surface area contributed by atoms with Crippen LogP contribution in [0.15, 0.2) is 47.4 Å². The average Bonchev–Trinajstić information content (AvgIpc) is 2.80. The number of hydrogen-bond donors (Lipinski definition) is 2. The molecule has 24 heavy (non-hydrogen) atoms. The van der Waals surface area contributed by atoms with Crippen molar-refractivity contribution in [1.29, 1.82) is 0 Å². The maximum Gasteiger partial charge on any atom is 0.338 e. The first-order valence-electron chi connectivity index (χ1n) is 7.55. The Morgan fingerprint density at radius 3 is 2.92 bits per heavy atom. The number of carbonyl (C=O) groups is 1. The van der Waals surface area contributed by atoms with Crippen molar-refractivity contribution in [3.05, 3.63) is 58.5 Å². The standard InChI is InChI=1S/C16H15N3O5/c20-11-6-7-19-14-13(21)12(18-16(19)17-11)10(24-14)8-23-15(22)9-4-2-1-3-5-9/h1-7,10,12-14,21H,8H2,(H,17,18,20). The number of rotatable bonds is 3. The molecule has 0 spiro atoms. The summed E-state index contributed by atoms with van der Waals surface area (Å²) in [5.74, 6) is -0.125. The Morgan fingerprint density at radius 2 is 2.12 bits per heavy atom. The third-order valence-electron chi connectivity index (χ3n) is 4.17. The van der Waals surface area contributed by atoms with Gasteiger partial charge in [-0.1, -0.05) is 18.2 Å². The molecule has 1 aromatic heterocycles. The van der Waals surface area contributed by atoms with Gasteiger partial charge in [-0.2, -0.15) is 4.98 Å². The Labute approximate surface area is 136 Å². The van der Waals surface area contributed by atoms with E-state index in [1.165, 1.54) is 12.3 Å². The molecule has 3 heterocycles. The molecule has 124 valence electrons. The monoisotopic (exact) mass is 329 g/mol. The summed E-state index contributed by atoms with van der Waals surface area (Å²) in [5.41, 5.74) is 0.0684. The molecular weight excluding hydrogens is 314 g/mol. The number of nitrogens with zero attached hydrogens (tertiary/aromatic N) is 2. The quantitative estimate of drug-likeness (QED) is 0.773. The molecule has 4 rings (SSSR count). The fraction of sp³-hybridized carbons (Fsp3) is 0.312. The van der Waals surface area contributed by atoms with Crippen LogP contribution in [0.5, 0.6) is 0 Å². The number of anilines is 1. The Kier molecular flexibility index (Phi) is 3.55. The van der Waals surface area contributed by atoms with Gasteiger partial charge in [0.25, 0.3) is 5.56 Å². The van der Waals surface area contributed by atoms with Gasteiger partial charge in [-0.05, 0) is 12.1 Å². The molecule has 4 atom stereocenters. The van der Waals surface area contributed by atoms with Crippen LogP contribution in [0.4, 0.5) is 5.95 Å². The van der Waals surface area contributed by atoms with E-state index < -0.39 is 30.4 Å². The molecule has 2 N–H and O–H groups in total. The summed E-state index contributed by atoms with van der Waals surface area (Å²) >= 11 is 0. The van der Waals surface area contributed by atoms with Gasteiger partial charge in [-0.15, -0.1) is 0 Å². The number of hydrogen-bond acceptors (Lipinski definition) is 7. The summed E-state index contributed by atoms with van der Waals surface area (Å²) in [7, 11) is 0. The smallest absolute Gasteiger partial charge is 0.338 e. The third-order valence-corrected chi connectivity index (χ3v) is 4.17. The Morgan fingerprint density at radius 1 is 1.33 bits per heavy atom. The van der Waals surface area contributed by atoms with Gasteiger partial charge in [0.05, 0.1) is 11.6 Å². The normalized spacial score (nSPS) is 27.2. The number of aliphatic hydroxyl groups excluding tert-OH is 1. The van der Waals surface area contributed by atoms with Crippen LogP contribution >= 0.6 is 0 Å². The van der Waals surface area contributed by atoms with Crippen LogP contribution in [0.2, 0.25) is 0 Å². The molecule has 0 radical (unpaired) electrons. The molecular formula is C16H15N3O5. The first kappa shape index (κ1) is 14.9. The van der Waals surface area contributed by atoms with E-state index in [1.54, 1.807) is 28.8 Å². The van der Waals surface area contributed by atoms with Crippen LogP contribution in [-0.4, -0.2) is 45.5 Å². The van der Waals surface area contributed by atoms with Crippen LogP contribution in [0.3, 0.4) is 0 Å². The highest BCUT2D eigenvalue weighted by atomic mass is 16.6. The SMILES string of the molecule is O=C(OCC1OC2C(O)C1Nc1nc(=O)ccn12)c1ccccc1. The lowest BCUT2D eigenvalue weighted by molar-refractivity contribution is -0.0535. The molecule has 1 saturated heterocycles. The van der Waals surface area contributed by atoms with Crippen LogP contribution in [0.1, 0.15) is 16.6 Å². The third kappa shape index (κ3) is 2.45. The van der Waals surface area contributed by atoms with Gasteiger partial charge in [0.1, 0.15) is 18.8 Å². The van der Waals surface area contributed by atoms with Crippen molar-refractivity contribution in [2.45, 2.75) is 24.5 Å². The van der Waals surface area contributed by atoms with Crippen molar-refractivity contribution in [2.75, 3.05) is 11.9 Å². The number of fused-ring (bicyclic) bond motifs is 4. The second-order valence-electron chi connectivity index (χ2n) is 5.69. The fourth-order valence-corrected chi connectivity index (χ4v) is 2.98. The highest BCUT2D eigenvalue weighted by molar-refractivity contribution is 5.89. The lowest BCUT2D eigenvalue weighted by Crippen LogP contribution is -2.45. The molecule has 4 unspecified atom stereocenters. The van der Waals surface area contributed by atoms with Crippen molar-refractivity contribution < 1.29 is 19.4 Å². The van der Waals surface area contributed by atoms with E-state index in [2.05, 4.69) is 10.3 Å². The van der Waals surface area contributed by atoms with E-state index in [9.17, 15) is 14.7 Å². The van der Waals surface area contributed by atoms with Crippen LogP contribution in [0.25, 0.3) is 0 Å². The molecule has 0 saturated carbocycles. The summed E-state index contributed by atoms with van der Waals surface area (Å²) in [4.78, 5) is 27.3. The highest BCUT2D eigenvalue weighted by Gasteiger charge is 2.49. The zero-order valence-electron chi connectivity index (χ0n) is 12.5. The Balaban J connectivity index is 1.48. The summed E-state index contributed by atoms with van der Waals surface area (Å²) in [5, 5.41) is 13.3.